The van der Waals surface area contributed by atoms with Crippen LogP contribution in [0.3, 0.4) is 0 Å². The Bertz CT molecular complexity index is 1260. The van der Waals surface area contributed by atoms with Gasteiger partial charge in [-0.15, -0.1) is 11.3 Å². The highest BCUT2D eigenvalue weighted by Crippen LogP contribution is 2.47. The van der Waals surface area contributed by atoms with Gasteiger partial charge in [-0.1, -0.05) is 39.8 Å². The van der Waals surface area contributed by atoms with E-state index in [1.54, 1.807) is 17.4 Å². The molecule has 2 atom stereocenters. The minimum atomic E-state index is -0.197. The van der Waals surface area contributed by atoms with Crippen molar-refractivity contribution in [1.82, 2.24) is 4.98 Å². The molecule has 2 heterocycles. The third-order valence-corrected chi connectivity index (χ3v) is 8.68. The molecule has 34 heavy (non-hydrogen) atoms. The van der Waals surface area contributed by atoms with E-state index in [0.29, 0.717) is 24.4 Å². The number of hydrogen-bond acceptors (Lipinski definition) is 3. The van der Waals surface area contributed by atoms with Gasteiger partial charge in [0.1, 0.15) is 10.8 Å². The normalized spacial score (nSPS) is 19.9. The van der Waals surface area contributed by atoms with Gasteiger partial charge in [0.2, 0.25) is 5.91 Å². The monoisotopic (exact) mass is 476 g/mol. The highest BCUT2D eigenvalue weighted by Gasteiger charge is 2.43. The highest BCUT2D eigenvalue weighted by molar-refractivity contribution is 7.15. The second-order valence-corrected chi connectivity index (χ2v) is 11.9. The second kappa shape index (κ2) is 8.60. The zero-order valence-corrected chi connectivity index (χ0v) is 21.6. The van der Waals surface area contributed by atoms with Gasteiger partial charge in [0.15, 0.2) is 0 Å². The van der Waals surface area contributed by atoms with Crippen molar-refractivity contribution in [2.24, 2.45) is 5.41 Å². The van der Waals surface area contributed by atoms with Crippen LogP contribution in [0.25, 0.3) is 10.6 Å². The molecule has 0 spiro atoms. The van der Waals surface area contributed by atoms with Crippen molar-refractivity contribution in [3.63, 3.8) is 0 Å². The zero-order valence-electron chi connectivity index (χ0n) is 20.7. The number of thiazole rings is 1. The average molecular weight is 477 g/mol. The number of carbonyl (C=O) groups is 1. The van der Waals surface area contributed by atoms with E-state index in [1.807, 2.05) is 36.1 Å². The molecule has 3 nitrogen and oxygen atoms in total. The predicted octanol–water partition coefficient (Wildman–Crippen LogP) is 7.48. The van der Waals surface area contributed by atoms with Crippen LogP contribution < -0.4 is 4.90 Å². The van der Waals surface area contributed by atoms with Gasteiger partial charge in [-0.2, -0.15) is 0 Å². The summed E-state index contributed by atoms with van der Waals surface area (Å²) in [7, 11) is 0. The molecule has 3 aromatic rings. The summed E-state index contributed by atoms with van der Waals surface area (Å²) >= 11 is 1.76. The number of benzene rings is 2. The van der Waals surface area contributed by atoms with E-state index in [1.165, 1.54) is 23.4 Å². The summed E-state index contributed by atoms with van der Waals surface area (Å²) < 4.78 is 14.9. The van der Waals surface area contributed by atoms with E-state index in [9.17, 15) is 9.18 Å². The lowest BCUT2D eigenvalue weighted by Gasteiger charge is -2.26. The van der Waals surface area contributed by atoms with Gasteiger partial charge in [0, 0.05) is 29.1 Å². The van der Waals surface area contributed by atoms with Gasteiger partial charge >= 0.3 is 0 Å². The number of amides is 1. The van der Waals surface area contributed by atoms with Crippen molar-refractivity contribution < 1.29 is 9.18 Å². The number of hydrogen-bond donors (Lipinski definition) is 0. The fourth-order valence-electron chi connectivity index (χ4n) is 5.58. The Morgan fingerprint density at radius 3 is 2.68 bits per heavy atom. The number of aromatic nitrogens is 1. The van der Waals surface area contributed by atoms with Crippen molar-refractivity contribution in [1.29, 1.82) is 0 Å². The van der Waals surface area contributed by atoms with Gasteiger partial charge in [-0.05, 0) is 78.5 Å². The molecular weight excluding hydrogens is 443 g/mol. The summed E-state index contributed by atoms with van der Waals surface area (Å²) in [6.45, 7) is 11.3. The van der Waals surface area contributed by atoms with Gasteiger partial charge in [0.05, 0.1) is 11.6 Å². The Morgan fingerprint density at radius 1 is 1.18 bits per heavy atom. The topological polar surface area (TPSA) is 33.2 Å². The van der Waals surface area contributed by atoms with Crippen LogP contribution in [0.5, 0.6) is 0 Å². The Hall–Kier alpha value is -2.53. The summed E-state index contributed by atoms with van der Waals surface area (Å²) in [5, 5.41) is 0.992. The second-order valence-electron chi connectivity index (χ2n) is 10.9. The predicted molar refractivity (Wildman–Crippen MR) is 138 cm³/mol. The van der Waals surface area contributed by atoms with Crippen LogP contribution in [0.2, 0.25) is 0 Å². The lowest BCUT2D eigenvalue weighted by Crippen LogP contribution is -2.33. The summed E-state index contributed by atoms with van der Waals surface area (Å²) in [4.78, 5) is 21.3. The van der Waals surface area contributed by atoms with Gasteiger partial charge in [-0.25, -0.2) is 9.37 Å². The molecule has 1 aromatic heterocycles. The number of halogens is 1. The highest BCUT2D eigenvalue weighted by atomic mass is 32.1. The van der Waals surface area contributed by atoms with Crippen LogP contribution in [0, 0.1) is 11.2 Å². The van der Waals surface area contributed by atoms with E-state index in [4.69, 9.17) is 4.98 Å². The number of aryl methyl sites for hydroxylation is 1. The molecule has 1 amide bonds. The molecule has 0 N–H and O–H groups in total. The van der Waals surface area contributed by atoms with Crippen molar-refractivity contribution in [3.05, 3.63) is 69.5 Å². The van der Waals surface area contributed by atoms with Gasteiger partial charge in [-0.3, -0.25) is 4.79 Å². The standard InChI is InChI=1S/C29H33FN2OS/c1-6-32-24-13-10-18(15-21(24)25(28(32)33)29(3,4)5)14-20-16-19(11-12-22(20)30)27-31-23-9-7-8-17(2)26(23)34-27/h10-13,15-17,25H,6-9,14H2,1-5H3. The lowest BCUT2D eigenvalue weighted by molar-refractivity contribution is -0.121. The van der Waals surface area contributed by atoms with E-state index in [0.717, 1.165) is 33.8 Å². The maximum Gasteiger partial charge on any atom is 0.235 e. The van der Waals surface area contributed by atoms with Crippen LogP contribution in [-0.2, 0) is 17.6 Å². The first-order chi connectivity index (χ1) is 16.2. The third kappa shape index (κ3) is 3.98. The molecule has 178 valence electrons. The number of anilines is 1. The summed E-state index contributed by atoms with van der Waals surface area (Å²) in [5.41, 5.74) is 5.79. The zero-order chi connectivity index (χ0) is 24.2. The quantitative estimate of drug-likeness (QED) is 0.391. The van der Waals surface area contributed by atoms with E-state index in [2.05, 4.69) is 33.8 Å². The fraction of sp³-hybridized carbons (Fsp3) is 0.448. The molecular formula is C29H33FN2OS. The van der Waals surface area contributed by atoms with Crippen LogP contribution in [-0.4, -0.2) is 17.4 Å². The Labute approximate surface area is 206 Å². The molecule has 1 aliphatic heterocycles. The molecule has 0 saturated heterocycles. The summed E-state index contributed by atoms with van der Waals surface area (Å²) in [5.74, 6) is 0.347. The van der Waals surface area contributed by atoms with Crippen LogP contribution >= 0.6 is 11.3 Å². The Balaban J connectivity index is 1.48. The molecule has 0 radical (unpaired) electrons. The van der Waals surface area contributed by atoms with Gasteiger partial charge < -0.3 is 4.90 Å². The largest absolute Gasteiger partial charge is 0.312 e. The van der Waals surface area contributed by atoms with Crippen LogP contribution in [0.15, 0.2) is 36.4 Å². The lowest BCUT2D eigenvalue weighted by atomic mass is 9.77. The molecule has 0 fully saturated rings. The first kappa shape index (κ1) is 23.2. The van der Waals surface area contributed by atoms with Crippen molar-refractivity contribution in [3.8, 4) is 10.6 Å². The first-order valence-electron chi connectivity index (χ1n) is 12.4. The van der Waals surface area contributed by atoms with Gasteiger partial charge in [0.25, 0.3) is 0 Å². The number of rotatable bonds is 4. The molecule has 2 unspecified atom stereocenters. The van der Waals surface area contributed by atoms with Crippen molar-refractivity contribution >= 4 is 22.9 Å². The molecule has 2 aromatic carbocycles. The Morgan fingerprint density at radius 2 is 1.97 bits per heavy atom. The minimum absolute atomic E-state index is 0.164. The van der Waals surface area contributed by atoms with Crippen LogP contribution in [0.1, 0.15) is 86.6 Å². The van der Waals surface area contributed by atoms with Crippen molar-refractivity contribution in [2.75, 3.05) is 11.4 Å². The number of fused-ring (bicyclic) bond motifs is 2. The van der Waals surface area contributed by atoms with E-state index < -0.39 is 0 Å². The number of nitrogens with zero attached hydrogens (tertiary/aromatic N) is 2. The molecule has 5 rings (SSSR count). The number of carbonyl (C=O) groups excluding carboxylic acids is 1. The van der Waals surface area contributed by atoms with E-state index >= 15 is 0 Å². The Kier molecular flexibility index (Phi) is 5.87. The molecule has 5 heteroatoms. The average Bonchev–Trinajstić information content (AvgIpc) is 3.34. The summed E-state index contributed by atoms with van der Waals surface area (Å²) in [6, 6.07) is 11.6. The third-order valence-electron chi connectivity index (χ3n) is 7.30. The van der Waals surface area contributed by atoms with Crippen LogP contribution in [0.4, 0.5) is 10.1 Å². The van der Waals surface area contributed by atoms with E-state index in [-0.39, 0.29) is 23.1 Å². The van der Waals surface area contributed by atoms with Crippen molar-refractivity contribution in [2.45, 2.75) is 72.1 Å². The fourth-order valence-corrected chi connectivity index (χ4v) is 6.78. The maximum absolute atomic E-state index is 14.9. The molecule has 0 saturated carbocycles. The SMILES string of the molecule is CCN1C(=O)C(C(C)(C)C)c2cc(Cc3cc(-c4nc5c(s4)C(C)CCC5)ccc3F)ccc21. The maximum atomic E-state index is 14.9. The smallest absolute Gasteiger partial charge is 0.235 e. The molecule has 2 aliphatic rings. The number of likely N-dealkylation sites (N-methyl/N-ethyl adjacent to an activating group) is 1. The summed E-state index contributed by atoms with van der Waals surface area (Å²) in [6.07, 6.45) is 3.94. The first-order valence-corrected chi connectivity index (χ1v) is 13.2. The minimum Gasteiger partial charge on any atom is -0.312 e. The molecule has 0 bridgehead atoms. The molecule has 1 aliphatic carbocycles.